The standard InChI is InChI=1S/C21H22ClN3O2/c1-15(16-7-9-18(22)10-8-16)23-20(26)11-12-21(27)25-14-13-19(24-25)17-5-3-2-4-6-17/h2-10,15H,11-14H2,1H3,(H,23,26). The van der Waals surface area contributed by atoms with Crippen LogP contribution in [0, 0.1) is 0 Å². The van der Waals surface area contributed by atoms with E-state index in [-0.39, 0.29) is 30.7 Å². The molecule has 2 amide bonds. The Kier molecular flexibility index (Phi) is 6.24. The van der Waals surface area contributed by atoms with Crippen molar-refractivity contribution in [1.29, 1.82) is 0 Å². The lowest BCUT2D eigenvalue weighted by molar-refractivity contribution is -0.133. The molecule has 2 aromatic carbocycles. The number of hydrazone groups is 1. The normalized spacial score (nSPS) is 14.6. The minimum absolute atomic E-state index is 0.129. The zero-order valence-corrected chi connectivity index (χ0v) is 15.9. The third kappa shape index (κ3) is 5.17. The predicted octanol–water partition coefficient (Wildman–Crippen LogP) is 3.93. The second kappa shape index (κ2) is 8.82. The van der Waals surface area contributed by atoms with Crippen LogP contribution in [0.15, 0.2) is 59.7 Å². The summed E-state index contributed by atoms with van der Waals surface area (Å²) in [6.45, 7) is 2.46. The molecule has 0 spiro atoms. The SMILES string of the molecule is CC(NC(=O)CCC(=O)N1CCC(c2ccccc2)=N1)c1ccc(Cl)cc1. The first kappa shape index (κ1) is 19.1. The molecule has 27 heavy (non-hydrogen) atoms. The highest BCUT2D eigenvalue weighted by Crippen LogP contribution is 2.17. The maximum Gasteiger partial charge on any atom is 0.243 e. The van der Waals surface area contributed by atoms with Gasteiger partial charge in [-0.1, -0.05) is 54.1 Å². The molecule has 6 heteroatoms. The number of rotatable bonds is 6. The van der Waals surface area contributed by atoms with E-state index in [0.29, 0.717) is 11.6 Å². The molecule has 0 aromatic heterocycles. The minimum Gasteiger partial charge on any atom is -0.350 e. The van der Waals surface area contributed by atoms with Crippen molar-refractivity contribution < 1.29 is 9.59 Å². The van der Waals surface area contributed by atoms with Crippen LogP contribution in [0.4, 0.5) is 0 Å². The molecule has 2 aromatic rings. The van der Waals surface area contributed by atoms with E-state index in [4.69, 9.17) is 11.6 Å². The second-order valence-corrected chi connectivity index (χ2v) is 6.96. The Morgan fingerprint density at radius 1 is 1.11 bits per heavy atom. The summed E-state index contributed by atoms with van der Waals surface area (Å²) in [5, 5.41) is 9.44. The van der Waals surface area contributed by atoms with Gasteiger partial charge in [-0.3, -0.25) is 9.59 Å². The summed E-state index contributed by atoms with van der Waals surface area (Å²) in [7, 11) is 0. The molecule has 1 N–H and O–H groups in total. The summed E-state index contributed by atoms with van der Waals surface area (Å²) in [5.41, 5.74) is 2.91. The van der Waals surface area contributed by atoms with Gasteiger partial charge < -0.3 is 5.32 Å². The lowest BCUT2D eigenvalue weighted by Gasteiger charge is -2.15. The fourth-order valence-corrected chi connectivity index (χ4v) is 3.09. The molecular formula is C21H22ClN3O2. The zero-order chi connectivity index (χ0) is 19.2. The molecule has 3 rings (SSSR count). The average molecular weight is 384 g/mol. The number of benzene rings is 2. The highest BCUT2D eigenvalue weighted by Gasteiger charge is 2.22. The van der Waals surface area contributed by atoms with Crippen molar-refractivity contribution in [3.8, 4) is 0 Å². The van der Waals surface area contributed by atoms with Crippen molar-refractivity contribution >= 4 is 29.1 Å². The molecule has 1 aliphatic heterocycles. The summed E-state index contributed by atoms with van der Waals surface area (Å²) >= 11 is 5.88. The minimum atomic E-state index is -0.155. The van der Waals surface area contributed by atoms with Crippen LogP contribution in [-0.2, 0) is 9.59 Å². The quantitative estimate of drug-likeness (QED) is 0.821. The Hall–Kier alpha value is -2.66. The van der Waals surface area contributed by atoms with Gasteiger partial charge in [0.2, 0.25) is 11.8 Å². The molecule has 0 saturated heterocycles. The van der Waals surface area contributed by atoms with Gasteiger partial charge in [-0.15, -0.1) is 0 Å². The maximum absolute atomic E-state index is 12.3. The number of amides is 2. The van der Waals surface area contributed by atoms with Gasteiger partial charge in [0.25, 0.3) is 0 Å². The van der Waals surface area contributed by atoms with E-state index in [1.165, 1.54) is 5.01 Å². The highest BCUT2D eigenvalue weighted by molar-refractivity contribution is 6.30. The second-order valence-electron chi connectivity index (χ2n) is 6.52. The molecule has 0 fully saturated rings. The Balaban J connectivity index is 1.48. The molecule has 1 aliphatic rings. The van der Waals surface area contributed by atoms with Gasteiger partial charge in [-0.25, -0.2) is 5.01 Å². The largest absolute Gasteiger partial charge is 0.350 e. The monoisotopic (exact) mass is 383 g/mol. The number of nitrogens with zero attached hydrogens (tertiary/aromatic N) is 2. The van der Waals surface area contributed by atoms with Crippen LogP contribution in [0.25, 0.3) is 0 Å². The highest BCUT2D eigenvalue weighted by atomic mass is 35.5. The van der Waals surface area contributed by atoms with Crippen molar-refractivity contribution in [3.63, 3.8) is 0 Å². The molecule has 140 valence electrons. The van der Waals surface area contributed by atoms with E-state index in [1.54, 1.807) is 12.1 Å². The van der Waals surface area contributed by atoms with Crippen LogP contribution in [0.3, 0.4) is 0 Å². The van der Waals surface area contributed by atoms with Gasteiger partial charge >= 0.3 is 0 Å². The van der Waals surface area contributed by atoms with E-state index in [9.17, 15) is 9.59 Å². The number of carbonyl (C=O) groups is 2. The van der Waals surface area contributed by atoms with Gasteiger partial charge in [0.15, 0.2) is 0 Å². The zero-order valence-electron chi connectivity index (χ0n) is 15.2. The number of hydrogen-bond donors (Lipinski definition) is 1. The van der Waals surface area contributed by atoms with Gasteiger partial charge in [0.1, 0.15) is 0 Å². The van der Waals surface area contributed by atoms with E-state index in [0.717, 1.165) is 23.3 Å². The Morgan fingerprint density at radius 2 is 1.81 bits per heavy atom. The lowest BCUT2D eigenvalue weighted by Crippen LogP contribution is -2.29. The van der Waals surface area contributed by atoms with Crippen LogP contribution in [0.5, 0.6) is 0 Å². The lowest BCUT2D eigenvalue weighted by atomic mass is 10.1. The number of halogens is 1. The third-order valence-corrected chi connectivity index (χ3v) is 4.76. The molecule has 1 unspecified atom stereocenters. The molecule has 0 aliphatic carbocycles. The first-order valence-corrected chi connectivity index (χ1v) is 9.39. The predicted molar refractivity (Wildman–Crippen MR) is 107 cm³/mol. The molecule has 0 radical (unpaired) electrons. The summed E-state index contributed by atoms with van der Waals surface area (Å²) < 4.78 is 0. The van der Waals surface area contributed by atoms with Crippen molar-refractivity contribution in [3.05, 3.63) is 70.7 Å². The van der Waals surface area contributed by atoms with Crippen molar-refractivity contribution in [2.24, 2.45) is 5.10 Å². The van der Waals surface area contributed by atoms with E-state index >= 15 is 0 Å². The molecular weight excluding hydrogens is 362 g/mol. The van der Waals surface area contributed by atoms with Crippen molar-refractivity contribution in [2.75, 3.05) is 6.54 Å². The first-order valence-electron chi connectivity index (χ1n) is 9.01. The summed E-state index contributed by atoms with van der Waals surface area (Å²) in [6.07, 6.45) is 1.02. The van der Waals surface area contributed by atoms with Crippen LogP contribution in [-0.4, -0.2) is 29.1 Å². The van der Waals surface area contributed by atoms with Crippen LogP contribution >= 0.6 is 11.6 Å². The summed E-state index contributed by atoms with van der Waals surface area (Å²) in [6, 6.07) is 17.0. The fourth-order valence-electron chi connectivity index (χ4n) is 2.97. The molecule has 0 bridgehead atoms. The summed E-state index contributed by atoms with van der Waals surface area (Å²) in [5.74, 6) is -0.285. The fraction of sp³-hybridized carbons (Fsp3) is 0.286. The van der Waals surface area contributed by atoms with Gasteiger partial charge in [0.05, 0.1) is 18.3 Å². The molecule has 1 atom stereocenters. The molecule has 0 saturated carbocycles. The van der Waals surface area contributed by atoms with Crippen LogP contribution < -0.4 is 5.32 Å². The average Bonchev–Trinajstić information content (AvgIpc) is 3.17. The topological polar surface area (TPSA) is 61.8 Å². The van der Waals surface area contributed by atoms with Crippen molar-refractivity contribution in [2.45, 2.75) is 32.2 Å². The number of hydrogen-bond acceptors (Lipinski definition) is 3. The Morgan fingerprint density at radius 3 is 2.52 bits per heavy atom. The Labute approximate surface area is 164 Å². The molecule has 5 nitrogen and oxygen atoms in total. The number of carbonyl (C=O) groups excluding carboxylic acids is 2. The third-order valence-electron chi connectivity index (χ3n) is 4.51. The van der Waals surface area contributed by atoms with E-state index in [2.05, 4.69) is 10.4 Å². The maximum atomic E-state index is 12.3. The Bertz CT molecular complexity index is 834. The summed E-state index contributed by atoms with van der Waals surface area (Å²) in [4.78, 5) is 24.5. The van der Waals surface area contributed by atoms with Gasteiger partial charge in [-0.2, -0.15) is 5.10 Å². The molecule has 1 heterocycles. The number of nitrogens with one attached hydrogen (secondary N) is 1. The van der Waals surface area contributed by atoms with Crippen molar-refractivity contribution in [1.82, 2.24) is 10.3 Å². The van der Waals surface area contributed by atoms with E-state index in [1.807, 2.05) is 49.4 Å². The van der Waals surface area contributed by atoms with Crippen LogP contribution in [0.2, 0.25) is 5.02 Å². The van der Waals surface area contributed by atoms with E-state index < -0.39 is 0 Å². The van der Waals surface area contributed by atoms with Crippen LogP contribution in [0.1, 0.15) is 43.4 Å². The van der Waals surface area contributed by atoms with Gasteiger partial charge in [0, 0.05) is 24.3 Å². The van der Waals surface area contributed by atoms with Gasteiger partial charge in [-0.05, 0) is 30.2 Å². The first-order chi connectivity index (χ1) is 13.0. The smallest absolute Gasteiger partial charge is 0.243 e.